The van der Waals surface area contributed by atoms with Crippen LogP contribution < -0.4 is 0 Å². The van der Waals surface area contributed by atoms with E-state index >= 15 is 0 Å². The van der Waals surface area contributed by atoms with Crippen LogP contribution in [0, 0.1) is 138 Å². The fraction of sp³-hybridized carbons (Fsp3) is 0.857. The molecule has 31 atom stereocenters. The number of piperidine rings is 2. The molecule has 20 rings (SSSR count). The molecule has 0 aromatic rings. The van der Waals surface area contributed by atoms with Gasteiger partial charge in [-0.2, -0.15) is 0 Å². The number of rotatable bonds is 0. The molecular weight excluding hydrogens is 1480 g/mol. The van der Waals surface area contributed by atoms with E-state index in [-0.39, 0.29) is 56.8 Å². The molecule has 12 aliphatic carbocycles. The van der Waals surface area contributed by atoms with Gasteiger partial charge in [0.05, 0.1) is 4.48 Å². The Morgan fingerprint density at radius 2 is 0.764 bits per heavy atom. The van der Waals surface area contributed by atoms with Gasteiger partial charge in [-0.25, -0.2) is 19.2 Å². The lowest BCUT2D eigenvalue weighted by atomic mass is 9.46. The smallest absolute Gasteiger partial charge is 0.404 e. The van der Waals surface area contributed by atoms with Gasteiger partial charge in [-0.1, -0.05) is 99.0 Å². The number of aliphatic hydroxyl groups is 2. The predicted octanol–water partition coefficient (Wildman–Crippen LogP) is 13.3. The Labute approximate surface area is 644 Å². The summed E-state index contributed by atoms with van der Waals surface area (Å²) in [5.41, 5.74) is 1.94. The van der Waals surface area contributed by atoms with Gasteiger partial charge in [0.1, 0.15) is 4.83 Å². The highest BCUT2D eigenvalue weighted by Crippen LogP contribution is 2.73. The van der Waals surface area contributed by atoms with E-state index in [9.17, 15) is 48.6 Å². The molecule has 8 aliphatic heterocycles. The highest BCUT2D eigenvalue weighted by molar-refractivity contribution is 9.11. The molecule has 106 heavy (non-hydrogen) atoms. The van der Waals surface area contributed by atoms with Crippen molar-refractivity contribution in [2.24, 2.45) is 138 Å². The van der Waals surface area contributed by atoms with Crippen molar-refractivity contribution in [3.8, 4) is 0 Å². The number of fused-ring (bicyclic) bond motifs is 28. The Hall–Kier alpha value is -3.96. The van der Waals surface area contributed by atoms with E-state index in [4.69, 9.17) is 18.9 Å². The van der Waals surface area contributed by atoms with E-state index < -0.39 is 64.2 Å². The van der Waals surface area contributed by atoms with Crippen LogP contribution >= 0.6 is 31.9 Å². The number of hydrogen-bond acceptors (Lipinski definition) is 14. The Morgan fingerprint density at radius 3 is 1.25 bits per heavy atom. The van der Waals surface area contributed by atoms with Gasteiger partial charge in [-0.3, -0.25) is 38.8 Å². The first kappa shape index (κ1) is 77.4. The van der Waals surface area contributed by atoms with Gasteiger partial charge in [0.25, 0.3) is 5.91 Å². The molecule has 6 saturated heterocycles. The average molecular weight is 1600 g/mol. The van der Waals surface area contributed by atoms with Crippen LogP contribution in [-0.4, -0.2) is 129 Å². The molecule has 20 aliphatic rings. The van der Waals surface area contributed by atoms with Gasteiger partial charge in [0, 0.05) is 30.6 Å². The van der Waals surface area contributed by atoms with Crippen LogP contribution in [0.5, 0.6) is 0 Å². The van der Waals surface area contributed by atoms with Crippen molar-refractivity contribution in [2.45, 2.75) is 310 Å². The summed E-state index contributed by atoms with van der Waals surface area (Å²) >= 11 is 7.22. The molecule has 588 valence electrons. The third-order valence-electron chi connectivity index (χ3n) is 37.6. The first-order valence-electron chi connectivity index (χ1n) is 41.4. The molecule has 31 unspecified atom stereocenters. The second-order valence-corrected chi connectivity index (χ2v) is 42.5. The van der Waals surface area contributed by atoms with Gasteiger partial charge < -0.3 is 40.1 Å². The largest absolute Gasteiger partial charge is 0.412 e. The number of esters is 4. The van der Waals surface area contributed by atoms with Crippen molar-refractivity contribution in [2.75, 3.05) is 0 Å². The van der Waals surface area contributed by atoms with Crippen LogP contribution in [0.25, 0.3) is 0 Å². The quantitative estimate of drug-likeness (QED) is 0.0987. The highest BCUT2D eigenvalue weighted by atomic mass is 79.9. The summed E-state index contributed by atoms with van der Waals surface area (Å²) in [6.45, 7) is 29.2. The molecule has 22 heteroatoms. The monoisotopic (exact) mass is 1600 g/mol. The summed E-state index contributed by atoms with van der Waals surface area (Å²) in [7, 11) is 0. The summed E-state index contributed by atoms with van der Waals surface area (Å²) in [6.07, 6.45) is 34.9. The van der Waals surface area contributed by atoms with Gasteiger partial charge in [-0.05, 0) is 340 Å². The van der Waals surface area contributed by atoms with Crippen molar-refractivity contribution >= 4 is 79.4 Å². The van der Waals surface area contributed by atoms with E-state index in [1.807, 2.05) is 6.08 Å². The molecule has 0 bridgehead atoms. The summed E-state index contributed by atoms with van der Waals surface area (Å²) in [5, 5.41) is 21.8. The second kappa shape index (κ2) is 25.8. The maximum Gasteiger partial charge on any atom is 0.404 e. The Kier molecular flexibility index (Phi) is 18.8. The van der Waals surface area contributed by atoms with Crippen molar-refractivity contribution in [3.63, 3.8) is 0 Å². The summed E-state index contributed by atoms with van der Waals surface area (Å²) in [6, 6.07) is 0.0300. The number of halogens is 2. The fourth-order valence-electron chi connectivity index (χ4n) is 31.1. The number of ether oxygens (including phenoxy) is 4. The third kappa shape index (κ3) is 10.4. The number of hydrogen-bond donors (Lipinski definition) is 2. The van der Waals surface area contributed by atoms with Crippen LogP contribution in [-0.2, 0) is 57.3 Å². The Morgan fingerprint density at radius 1 is 0.387 bits per heavy atom. The van der Waals surface area contributed by atoms with E-state index in [0.29, 0.717) is 69.4 Å². The molecule has 12 saturated carbocycles. The number of carbonyl (C=O) groups excluding carboxylic acids is 8. The first-order valence-corrected chi connectivity index (χ1v) is 43.1. The van der Waals surface area contributed by atoms with E-state index in [2.05, 4.69) is 115 Å². The lowest BCUT2D eigenvalue weighted by Crippen LogP contribution is -2.70. The maximum atomic E-state index is 12.6. The lowest BCUT2D eigenvalue weighted by Gasteiger charge is -2.63. The van der Waals surface area contributed by atoms with Crippen LogP contribution in [0.2, 0.25) is 0 Å². The minimum absolute atomic E-state index is 0. The van der Waals surface area contributed by atoms with Crippen LogP contribution in [0.4, 0.5) is 0 Å². The fourth-order valence-corrected chi connectivity index (χ4v) is 33.0. The zero-order chi connectivity index (χ0) is 73.8. The highest BCUT2D eigenvalue weighted by Gasteiger charge is 2.73. The topological polar surface area (TPSA) is 290 Å². The number of alkyl halides is 1. The molecule has 8 heterocycles. The van der Waals surface area contributed by atoms with Gasteiger partial charge in [-0.15, -0.1) is 0 Å². The number of nitrogens with zero attached hydrogens (tertiary/aromatic N) is 4. The summed E-state index contributed by atoms with van der Waals surface area (Å²) in [5.74, 6) is 3.86. The molecular formula is C84H122Br2N4O16. The molecule has 0 spiro atoms. The standard InChI is InChI=1S/C21H30BrNO4.C21H28BrNO3.C21H31NO4.C21H29NO3.2H2O/c1-11-4-6-13-12-5-7-16-20(3,14(12)8-9-19(11,13)2)10-15(22)21(26)23(16)17(24)18(25)27-21;1-11-4-6-13-12-5-7-16-21(3,14(12)8-9-20(11,13)2)10-15(22)18-23(16)17(24)19(25)26-18;1-12-4-6-14-13-5-7-16-20(3,15(13)8-9-19(12,14)2)10-11-21(25)22(16)17(23)18(24)26-21;1-12-4-6-14-13-5-7-16-21(3,15(13)8-10-20(12,14)2)11-9-17-22(16)18(23)19(24)25-17;;/h11-16,26H,4-10H2,1-3H3;11-14,16H,4-10H2,1-3H3;12-16,25H,4-11H2,1-3H3;9,12-16H,4-8,10-11H2,1-3H3;2*1H2. The van der Waals surface area contributed by atoms with E-state index in [0.717, 1.165) is 134 Å². The Bertz CT molecular complexity index is 3760. The predicted molar refractivity (Wildman–Crippen MR) is 398 cm³/mol. The van der Waals surface area contributed by atoms with E-state index in [1.165, 1.54) is 125 Å². The first-order chi connectivity index (χ1) is 49.0. The molecule has 6 N–H and O–H groups in total. The molecule has 0 aromatic heterocycles. The Balaban J connectivity index is 0.000000113. The van der Waals surface area contributed by atoms with Crippen LogP contribution in [0.3, 0.4) is 0 Å². The summed E-state index contributed by atoms with van der Waals surface area (Å²) < 4.78 is 21.6. The third-order valence-corrected chi connectivity index (χ3v) is 39.1. The zero-order valence-corrected chi connectivity index (χ0v) is 68.2. The number of allylic oxidation sites excluding steroid dienone is 2. The van der Waals surface area contributed by atoms with Crippen molar-refractivity contribution in [1.29, 1.82) is 0 Å². The minimum Gasteiger partial charge on any atom is -0.412 e. The van der Waals surface area contributed by atoms with E-state index in [1.54, 1.807) is 9.80 Å². The molecule has 0 radical (unpaired) electrons. The SMILES string of the molecule is CC1CCC2C3CCC4N5C(=O)C(=O)OC5(O)C(Br)CC4(C)C3CCC12C.CC1CCC2C3CCC4N5C(=O)C(=O)OC5(O)CCC4(C)C3CCC12C.CC1CCC2C3CCC4N5C(=O)C(=O)OC5=C(Br)CC4(C)C3CCC12C.CC1CCC2C3CCC4N5C(=O)C(=O)OC5=CCC4(C)C3CCC12C.O.O. The van der Waals surface area contributed by atoms with Crippen LogP contribution in [0.15, 0.2) is 22.3 Å². The van der Waals surface area contributed by atoms with Gasteiger partial charge in [0.15, 0.2) is 0 Å². The number of carbonyl (C=O) groups is 8. The van der Waals surface area contributed by atoms with Crippen LogP contribution in [0.1, 0.15) is 269 Å². The second-order valence-electron chi connectivity index (χ2n) is 40.5. The number of amides is 4. The maximum absolute atomic E-state index is 12.6. The lowest BCUT2D eigenvalue weighted by molar-refractivity contribution is -0.292. The van der Waals surface area contributed by atoms with Crippen molar-refractivity contribution in [3.05, 3.63) is 22.3 Å². The van der Waals surface area contributed by atoms with Crippen molar-refractivity contribution < 1.29 is 78.5 Å². The average Bonchev–Trinajstić information content (AvgIpc) is 1.35. The molecule has 0 aromatic carbocycles. The summed E-state index contributed by atoms with van der Waals surface area (Å²) in [4.78, 5) is 103. The van der Waals surface area contributed by atoms with Gasteiger partial charge >= 0.3 is 53.4 Å². The van der Waals surface area contributed by atoms with Gasteiger partial charge in [0.2, 0.25) is 11.8 Å². The normalized spacial score (nSPS) is 52.5. The minimum atomic E-state index is -1.82. The molecule has 20 nitrogen and oxygen atoms in total. The molecule has 4 amide bonds. The molecule has 18 fully saturated rings. The zero-order valence-electron chi connectivity index (χ0n) is 65.0. The van der Waals surface area contributed by atoms with Crippen molar-refractivity contribution in [1.82, 2.24) is 19.6 Å².